The summed E-state index contributed by atoms with van der Waals surface area (Å²) in [5.41, 5.74) is 7.64. The number of nitrogens with zero attached hydrogens (tertiary/aromatic N) is 2. The van der Waals surface area contributed by atoms with E-state index in [4.69, 9.17) is 5.73 Å². The summed E-state index contributed by atoms with van der Waals surface area (Å²) in [7, 11) is 0. The van der Waals surface area contributed by atoms with Crippen LogP contribution in [-0.4, -0.2) is 22.4 Å². The van der Waals surface area contributed by atoms with E-state index >= 15 is 0 Å². The Labute approximate surface area is 121 Å². The summed E-state index contributed by atoms with van der Waals surface area (Å²) in [5.74, 6) is 0.0372. The van der Waals surface area contributed by atoms with Crippen LogP contribution in [0.15, 0.2) is 18.3 Å². The third-order valence-electron chi connectivity index (χ3n) is 2.61. The van der Waals surface area contributed by atoms with Gasteiger partial charge in [0.1, 0.15) is 10.7 Å². The Bertz CT molecular complexity index is 593. The number of carbonyl (C=O) groups is 1. The Morgan fingerprint density at radius 2 is 2.25 bits per heavy atom. The van der Waals surface area contributed by atoms with Crippen LogP contribution < -0.4 is 16.4 Å². The van der Waals surface area contributed by atoms with Crippen molar-refractivity contribution in [2.75, 3.05) is 17.6 Å². The lowest BCUT2D eigenvalue weighted by Gasteiger charge is -2.04. The number of hydrogen-bond acceptors (Lipinski definition) is 6. The number of hydrogen-bond donors (Lipinski definition) is 3. The highest BCUT2D eigenvalue weighted by Gasteiger charge is 2.15. The van der Waals surface area contributed by atoms with E-state index in [-0.39, 0.29) is 11.7 Å². The molecule has 0 aliphatic heterocycles. The maximum Gasteiger partial charge on any atom is 0.265 e. The number of thiazole rings is 1. The number of nitrogens with one attached hydrogen (secondary N) is 2. The van der Waals surface area contributed by atoms with Gasteiger partial charge in [0.2, 0.25) is 0 Å². The second kappa shape index (κ2) is 6.33. The summed E-state index contributed by atoms with van der Waals surface area (Å²) in [6.45, 7) is 5.04. The Morgan fingerprint density at radius 1 is 1.45 bits per heavy atom. The number of nitrogens with two attached hydrogens (primary N) is 1. The molecule has 2 aromatic heterocycles. The molecular weight excluding hydrogens is 274 g/mol. The molecule has 0 unspecified atom stereocenters. The summed E-state index contributed by atoms with van der Waals surface area (Å²) >= 11 is 1.25. The van der Waals surface area contributed by atoms with Gasteiger partial charge >= 0.3 is 0 Å². The van der Waals surface area contributed by atoms with Gasteiger partial charge in [-0.15, -0.1) is 0 Å². The third kappa shape index (κ3) is 3.45. The van der Waals surface area contributed by atoms with Crippen LogP contribution in [0.2, 0.25) is 0 Å². The molecule has 0 fully saturated rings. The fraction of sp³-hybridized carbons (Fsp3) is 0.308. The van der Waals surface area contributed by atoms with Gasteiger partial charge in [0.15, 0.2) is 5.13 Å². The first-order valence-corrected chi connectivity index (χ1v) is 7.11. The Balaban J connectivity index is 1.99. The standard InChI is InChI=1S/C13H17N5OS/c1-3-15-13-18-11(14)10(20-13)12(19)17-7-9-5-4-8(2)16-6-9/h4-6H,3,7,14H2,1-2H3,(H,15,18)(H,17,19). The smallest absolute Gasteiger partial charge is 0.265 e. The molecule has 6 nitrogen and oxygen atoms in total. The number of amides is 1. The molecule has 0 radical (unpaired) electrons. The average molecular weight is 291 g/mol. The first kappa shape index (κ1) is 14.3. The van der Waals surface area contributed by atoms with Crippen LogP contribution >= 0.6 is 11.3 Å². The van der Waals surface area contributed by atoms with Crippen molar-refractivity contribution in [2.24, 2.45) is 0 Å². The molecule has 0 aliphatic rings. The maximum absolute atomic E-state index is 12.1. The molecule has 7 heteroatoms. The minimum atomic E-state index is -0.218. The van der Waals surface area contributed by atoms with Crippen LogP contribution in [-0.2, 0) is 6.54 Å². The molecule has 0 saturated heterocycles. The third-order valence-corrected chi connectivity index (χ3v) is 3.64. The van der Waals surface area contributed by atoms with Crippen LogP contribution in [0.5, 0.6) is 0 Å². The van der Waals surface area contributed by atoms with Crippen LogP contribution in [0.4, 0.5) is 10.9 Å². The lowest BCUT2D eigenvalue weighted by Crippen LogP contribution is -2.22. The van der Waals surface area contributed by atoms with Gasteiger partial charge < -0.3 is 16.4 Å². The predicted molar refractivity (Wildman–Crippen MR) is 80.8 cm³/mol. The molecule has 20 heavy (non-hydrogen) atoms. The number of pyridine rings is 1. The SMILES string of the molecule is CCNc1nc(N)c(C(=O)NCc2ccc(C)nc2)s1. The molecule has 2 heterocycles. The van der Waals surface area contributed by atoms with Crippen LogP contribution in [0.1, 0.15) is 27.9 Å². The quantitative estimate of drug-likeness (QED) is 0.781. The zero-order chi connectivity index (χ0) is 14.5. The second-order valence-electron chi connectivity index (χ2n) is 4.25. The van der Waals surface area contributed by atoms with Crippen molar-refractivity contribution >= 4 is 28.2 Å². The predicted octanol–water partition coefficient (Wildman–Crippen LogP) is 1.79. The molecule has 2 aromatic rings. The van der Waals surface area contributed by atoms with Gasteiger partial charge in [0, 0.05) is 25.0 Å². The fourth-order valence-corrected chi connectivity index (χ4v) is 2.46. The Hall–Kier alpha value is -2.15. The molecule has 4 N–H and O–H groups in total. The van der Waals surface area contributed by atoms with Crippen molar-refractivity contribution < 1.29 is 4.79 Å². The molecular formula is C13H17N5OS. The minimum absolute atomic E-state index is 0.218. The lowest BCUT2D eigenvalue weighted by molar-refractivity contribution is 0.0955. The van der Waals surface area contributed by atoms with Crippen LogP contribution in [0.25, 0.3) is 0 Å². The van der Waals surface area contributed by atoms with E-state index in [0.29, 0.717) is 16.6 Å². The van der Waals surface area contributed by atoms with E-state index in [2.05, 4.69) is 20.6 Å². The summed E-state index contributed by atoms with van der Waals surface area (Å²) in [6.07, 6.45) is 1.75. The van der Waals surface area contributed by atoms with E-state index in [0.717, 1.165) is 17.8 Å². The first-order valence-electron chi connectivity index (χ1n) is 6.30. The molecule has 1 amide bonds. The van der Waals surface area contributed by atoms with Gasteiger partial charge in [-0.2, -0.15) is 0 Å². The summed E-state index contributed by atoms with van der Waals surface area (Å²) in [6, 6.07) is 3.84. The molecule has 2 rings (SSSR count). The largest absolute Gasteiger partial charge is 0.382 e. The molecule has 0 spiro atoms. The molecule has 0 saturated carbocycles. The van der Waals surface area contributed by atoms with Crippen molar-refractivity contribution in [3.8, 4) is 0 Å². The van der Waals surface area contributed by atoms with Gasteiger partial charge in [0.25, 0.3) is 5.91 Å². The van der Waals surface area contributed by atoms with Gasteiger partial charge in [-0.1, -0.05) is 17.4 Å². The zero-order valence-corrected chi connectivity index (χ0v) is 12.3. The van der Waals surface area contributed by atoms with Gasteiger partial charge in [-0.05, 0) is 25.5 Å². The average Bonchev–Trinajstić information content (AvgIpc) is 2.79. The van der Waals surface area contributed by atoms with E-state index < -0.39 is 0 Å². The van der Waals surface area contributed by atoms with Crippen LogP contribution in [0, 0.1) is 6.92 Å². The van der Waals surface area contributed by atoms with E-state index in [1.165, 1.54) is 11.3 Å². The monoisotopic (exact) mass is 291 g/mol. The lowest BCUT2D eigenvalue weighted by atomic mass is 10.2. The fourth-order valence-electron chi connectivity index (χ4n) is 1.59. The molecule has 0 aliphatic carbocycles. The number of aromatic nitrogens is 2. The van der Waals surface area contributed by atoms with E-state index in [1.54, 1.807) is 6.20 Å². The topological polar surface area (TPSA) is 92.9 Å². The first-order chi connectivity index (χ1) is 9.60. The highest BCUT2D eigenvalue weighted by Crippen LogP contribution is 2.24. The van der Waals surface area contributed by atoms with Crippen molar-refractivity contribution in [3.05, 3.63) is 34.5 Å². The number of nitrogen functional groups attached to an aromatic ring is 1. The van der Waals surface area contributed by atoms with Gasteiger partial charge in [0.05, 0.1) is 0 Å². The van der Waals surface area contributed by atoms with Gasteiger partial charge in [-0.25, -0.2) is 4.98 Å². The number of rotatable bonds is 5. The van der Waals surface area contributed by atoms with Gasteiger partial charge in [-0.3, -0.25) is 9.78 Å². The summed E-state index contributed by atoms with van der Waals surface area (Å²) in [4.78, 5) is 20.8. The maximum atomic E-state index is 12.1. The Kier molecular flexibility index (Phi) is 4.52. The highest BCUT2D eigenvalue weighted by molar-refractivity contribution is 7.18. The second-order valence-corrected chi connectivity index (χ2v) is 5.25. The van der Waals surface area contributed by atoms with E-state index in [9.17, 15) is 4.79 Å². The molecule has 0 bridgehead atoms. The van der Waals surface area contributed by atoms with E-state index in [1.807, 2.05) is 26.0 Å². The summed E-state index contributed by atoms with van der Waals surface area (Å²) in [5, 5.41) is 6.52. The normalized spacial score (nSPS) is 10.3. The summed E-state index contributed by atoms with van der Waals surface area (Å²) < 4.78 is 0. The molecule has 106 valence electrons. The highest BCUT2D eigenvalue weighted by atomic mass is 32.1. The number of carbonyl (C=O) groups excluding carboxylic acids is 1. The molecule has 0 atom stereocenters. The number of anilines is 2. The number of aryl methyl sites for hydroxylation is 1. The van der Waals surface area contributed by atoms with Crippen molar-refractivity contribution in [2.45, 2.75) is 20.4 Å². The van der Waals surface area contributed by atoms with Crippen molar-refractivity contribution in [3.63, 3.8) is 0 Å². The van der Waals surface area contributed by atoms with Crippen molar-refractivity contribution in [1.82, 2.24) is 15.3 Å². The zero-order valence-electron chi connectivity index (χ0n) is 11.4. The minimum Gasteiger partial charge on any atom is -0.382 e. The molecule has 0 aromatic carbocycles. The van der Waals surface area contributed by atoms with Crippen molar-refractivity contribution in [1.29, 1.82) is 0 Å². The van der Waals surface area contributed by atoms with Crippen LogP contribution in [0.3, 0.4) is 0 Å². The Morgan fingerprint density at radius 3 is 2.90 bits per heavy atom.